The number of hydrogen-bond donors (Lipinski definition) is 3. The number of carbonyl (C=O) groups excluding carboxylic acids is 2. The zero-order valence-corrected chi connectivity index (χ0v) is 19.3. The number of benzene rings is 3. The summed E-state index contributed by atoms with van der Waals surface area (Å²) in [4.78, 5) is 35.4. The number of fused-ring (bicyclic) bond motifs is 3. The van der Waals surface area contributed by atoms with Crippen LogP contribution in [0.2, 0.25) is 0 Å². The quantitative estimate of drug-likeness (QED) is 0.383. The minimum absolute atomic E-state index is 0.00272. The van der Waals surface area contributed by atoms with Gasteiger partial charge in [0.15, 0.2) is 0 Å². The zero-order valence-electron chi connectivity index (χ0n) is 19.3. The van der Waals surface area contributed by atoms with Crippen LogP contribution >= 0.6 is 0 Å². The Labute approximate surface area is 204 Å². The number of alkyl carbamates (subject to hydrolysis) is 1. The van der Waals surface area contributed by atoms with Crippen molar-refractivity contribution in [2.75, 3.05) is 13.2 Å². The van der Waals surface area contributed by atoms with E-state index in [1.165, 1.54) is 11.1 Å². The lowest BCUT2D eigenvalue weighted by molar-refractivity contribution is -0.136. The van der Waals surface area contributed by atoms with Gasteiger partial charge < -0.3 is 20.5 Å². The van der Waals surface area contributed by atoms with Crippen molar-refractivity contribution in [1.82, 2.24) is 10.6 Å². The third kappa shape index (κ3) is 6.06. The van der Waals surface area contributed by atoms with Crippen LogP contribution in [0.15, 0.2) is 72.8 Å². The van der Waals surface area contributed by atoms with Crippen LogP contribution in [-0.2, 0) is 27.3 Å². The van der Waals surface area contributed by atoms with Gasteiger partial charge in [0.1, 0.15) is 6.61 Å². The SMILES string of the molecule is O=C(O)Cc1ccccc1CNC(=O)CCCNC(=O)OCC1c2ccccc2-c2ccccc21. The molecule has 1 aliphatic carbocycles. The first-order valence-electron chi connectivity index (χ1n) is 11.7. The highest BCUT2D eigenvalue weighted by molar-refractivity contribution is 5.79. The number of rotatable bonds is 10. The van der Waals surface area contributed by atoms with Crippen LogP contribution in [0, 0.1) is 0 Å². The molecule has 1 aliphatic rings. The number of nitrogens with one attached hydrogen (secondary N) is 2. The molecule has 3 N–H and O–H groups in total. The Kier molecular flexibility index (Phi) is 7.77. The summed E-state index contributed by atoms with van der Waals surface area (Å²) in [5, 5.41) is 14.5. The van der Waals surface area contributed by atoms with Crippen LogP contribution in [0.4, 0.5) is 4.79 Å². The van der Waals surface area contributed by atoms with Gasteiger partial charge in [0.25, 0.3) is 0 Å². The minimum Gasteiger partial charge on any atom is -0.481 e. The molecular formula is C28H28N2O5. The Hall–Kier alpha value is -4.13. The molecule has 0 unspecified atom stereocenters. The van der Waals surface area contributed by atoms with Gasteiger partial charge in [0.2, 0.25) is 5.91 Å². The highest BCUT2D eigenvalue weighted by Crippen LogP contribution is 2.44. The molecule has 35 heavy (non-hydrogen) atoms. The van der Waals surface area contributed by atoms with Gasteiger partial charge >= 0.3 is 12.1 Å². The van der Waals surface area contributed by atoms with Gasteiger partial charge in [-0.3, -0.25) is 9.59 Å². The smallest absolute Gasteiger partial charge is 0.407 e. The molecule has 0 fully saturated rings. The fourth-order valence-corrected chi connectivity index (χ4v) is 4.44. The predicted octanol–water partition coefficient (Wildman–Crippen LogP) is 4.25. The van der Waals surface area contributed by atoms with E-state index in [1.54, 1.807) is 18.2 Å². The number of aliphatic carboxylic acids is 1. The summed E-state index contributed by atoms with van der Waals surface area (Å²) in [5.74, 6) is -1.07. The Morgan fingerprint density at radius 3 is 2.06 bits per heavy atom. The van der Waals surface area contributed by atoms with E-state index in [0.29, 0.717) is 18.5 Å². The molecule has 0 heterocycles. The lowest BCUT2D eigenvalue weighted by Gasteiger charge is -2.14. The fourth-order valence-electron chi connectivity index (χ4n) is 4.44. The summed E-state index contributed by atoms with van der Waals surface area (Å²) in [7, 11) is 0. The standard InChI is InChI=1S/C28H28N2O5/c31-26(30-17-20-9-2-1-8-19(20)16-27(32)33)14-7-15-29-28(34)35-18-25-23-12-5-3-10-21(23)22-11-4-6-13-24(22)25/h1-6,8-13,25H,7,14-18H2,(H,29,34)(H,30,31)(H,32,33). The van der Waals surface area contributed by atoms with Gasteiger partial charge in [0, 0.05) is 25.4 Å². The van der Waals surface area contributed by atoms with E-state index in [0.717, 1.165) is 16.7 Å². The van der Waals surface area contributed by atoms with Crippen LogP contribution in [0.3, 0.4) is 0 Å². The first kappa shape index (κ1) is 24.0. The van der Waals surface area contributed by atoms with Crippen LogP contribution < -0.4 is 10.6 Å². The van der Waals surface area contributed by atoms with Gasteiger partial charge in [-0.2, -0.15) is 0 Å². The van der Waals surface area contributed by atoms with Crippen molar-refractivity contribution in [3.05, 3.63) is 95.1 Å². The second-order valence-corrected chi connectivity index (χ2v) is 8.47. The molecule has 0 spiro atoms. The number of amides is 2. The first-order chi connectivity index (χ1) is 17.0. The van der Waals surface area contributed by atoms with Crippen LogP contribution in [0.1, 0.15) is 41.0 Å². The Morgan fingerprint density at radius 2 is 1.40 bits per heavy atom. The maximum atomic E-state index is 12.2. The zero-order chi connectivity index (χ0) is 24.6. The van der Waals surface area contributed by atoms with E-state index < -0.39 is 12.1 Å². The summed E-state index contributed by atoms with van der Waals surface area (Å²) in [6.07, 6.45) is 0.114. The first-order valence-corrected chi connectivity index (χ1v) is 11.7. The van der Waals surface area contributed by atoms with Crippen molar-refractivity contribution >= 4 is 18.0 Å². The van der Waals surface area contributed by atoms with Crippen molar-refractivity contribution in [3.63, 3.8) is 0 Å². The van der Waals surface area contributed by atoms with Crippen LogP contribution in [0.5, 0.6) is 0 Å². The Bertz CT molecular complexity index is 1180. The van der Waals surface area contributed by atoms with E-state index in [-0.39, 0.29) is 37.8 Å². The molecule has 0 radical (unpaired) electrons. The summed E-state index contributed by atoms with van der Waals surface area (Å²) in [6.45, 7) is 0.831. The van der Waals surface area contributed by atoms with E-state index >= 15 is 0 Å². The van der Waals surface area contributed by atoms with E-state index in [9.17, 15) is 14.4 Å². The van der Waals surface area contributed by atoms with Crippen LogP contribution in [-0.4, -0.2) is 36.2 Å². The molecule has 3 aromatic carbocycles. The minimum atomic E-state index is -0.914. The van der Waals surface area contributed by atoms with Gasteiger partial charge in [-0.25, -0.2) is 4.79 Å². The van der Waals surface area contributed by atoms with Crippen LogP contribution in [0.25, 0.3) is 11.1 Å². The maximum absolute atomic E-state index is 12.2. The topological polar surface area (TPSA) is 105 Å². The summed E-state index contributed by atoms with van der Waals surface area (Å²) < 4.78 is 5.50. The third-order valence-electron chi connectivity index (χ3n) is 6.13. The molecule has 7 heteroatoms. The van der Waals surface area contributed by atoms with E-state index in [4.69, 9.17) is 9.84 Å². The van der Waals surface area contributed by atoms with Gasteiger partial charge in [-0.15, -0.1) is 0 Å². The molecule has 180 valence electrons. The van der Waals surface area contributed by atoms with Gasteiger partial charge in [-0.05, 0) is 39.8 Å². The average molecular weight is 473 g/mol. The van der Waals surface area contributed by atoms with Crippen molar-refractivity contribution in [2.45, 2.75) is 31.7 Å². The predicted molar refractivity (Wildman–Crippen MR) is 132 cm³/mol. The van der Waals surface area contributed by atoms with E-state index in [1.807, 2.05) is 30.3 Å². The van der Waals surface area contributed by atoms with Crippen molar-refractivity contribution in [1.29, 1.82) is 0 Å². The molecule has 0 bridgehead atoms. The maximum Gasteiger partial charge on any atom is 0.407 e. The number of carbonyl (C=O) groups is 3. The van der Waals surface area contributed by atoms with Crippen molar-refractivity contribution < 1.29 is 24.2 Å². The second kappa shape index (κ2) is 11.3. The number of carboxylic acids is 1. The molecule has 3 aromatic rings. The summed E-state index contributed by atoms with van der Waals surface area (Å²) in [5.41, 5.74) is 6.12. The molecule has 7 nitrogen and oxygen atoms in total. The average Bonchev–Trinajstić information content (AvgIpc) is 3.18. The highest BCUT2D eigenvalue weighted by atomic mass is 16.5. The largest absolute Gasteiger partial charge is 0.481 e. The molecule has 0 saturated heterocycles. The Morgan fingerprint density at radius 1 is 0.800 bits per heavy atom. The van der Waals surface area contributed by atoms with Crippen molar-refractivity contribution in [2.24, 2.45) is 0 Å². The number of ether oxygens (including phenoxy) is 1. The fraction of sp³-hybridized carbons (Fsp3) is 0.250. The third-order valence-corrected chi connectivity index (χ3v) is 6.13. The second-order valence-electron chi connectivity index (χ2n) is 8.47. The molecule has 2 amide bonds. The molecule has 0 aromatic heterocycles. The molecule has 0 aliphatic heterocycles. The number of carboxylic acid groups (broad SMARTS) is 1. The Balaban J connectivity index is 1.18. The normalized spacial score (nSPS) is 11.9. The molecule has 0 saturated carbocycles. The summed E-state index contributed by atoms with van der Waals surface area (Å²) >= 11 is 0. The van der Waals surface area contributed by atoms with Gasteiger partial charge in [0.05, 0.1) is 6.42 Å². The van der Waals surface area contributed by atoms with Gasteiger partial charge in [-0.1, -0.05) is 72.8 Å². The highest BCUT2D eigenvalue weighted by Gasteiger charge is 2.28. The molecule has 0 atom stereocenters. The number of hydrogen-bond acceptors (Lipinski definition) is 4. The summed E-state index contributed by atoms with van der Waals surface area (Å²) in [6, 6.07) is 23.5. The van der Waals surface area contributed by atoms with E-state index in [2.05, 4.69) is 34.9 Å². The lowest BCUT2D eigenvalue weighted by atomic mass is 9.98. The van der Waals surface area contributed by atoms with Crippen molar-refractivity contribution in [3.8, 4) is 11.1 Å². The monoisotopic (exact) mass is 472 g/mol. The lowest BCUT2D eigenvalue weighted by Crippen LogP contribution is -2.29. The molecular weight excluding hydrogens is 444 g/mol. The molecule has 4 rings (SSSR count).